The summed E-state index contributed by atoms with van der Waals surface area (Å²) in [5.41, 5.74) is 0. The summed E-state index contributed by atoms with van der Waals surface area (Å²) in [5, 5.41) is 0. The molecule has 0 saturated heterocycles. The van der Waals surface area contributed by atoms with E-state index in [1.807, 2.05) is 0 Å². The summed E-state index contributed by atoms with van der Waals surface area (Å²) in [5.74, 6) is 0.861. The molecule has 0 aliphatic heterocycles. The molecular weight excluding hydrogens is 152 g/mol. The van der Waals surface area contributed by atoms with Gasteiger partial charge >= 0.3 is 0 Å². The van der Waals surface area contributed by atoms with Crippen LogP contribution >= 0.6 is 0 Å². The number of Topliss-reactive ketones (excluding diaryl/α,β-unsaturated/α-hetero) is 1. The lowest BCUT2D eigenvalue weighted by molar-refractivity contribution is -0.123. The molecule has 2 heteroatoms. The minimum atomic E-state index is -0.00667. The van der Waals surface area contributed by atoms with Gasteiger partial charge in [0.2, 0.25) is 0 Å². The first kappa shape index (κ1) is 9.43. The van der Waals surface area contributed by atoms with E-state index in [9.17, 15) is 9.59 Å². The SMILES string of the molecule is CC1CCCC(=O)CC(C=O)C1. The highest BCUT2D eigenvalue weighted by atomic mass is 16.1. The summed E-state index contributed by atoms with van der Waals surface area (Å²) in [4.78, 5) is 21.7. The van der Waals surface area contributed by atoms with Crippen LogP contribution in [0.1, 0.15) is 39.0 Å². The molecule has 1 rings (SSSR count). The minimum absolute atomic E-state index is 0.00667. The Bertz CT molecular complexity index is 175. The third-order valence-corrected chi connectivity index (χ3v) is 2.54. The van der Waals surface area contributed by atoms with Gasteiger partial charge in [0.05, 0.1) is 0 Å². The van der Waals surface area contributed by atoms with E-state index in [4.69, 9.17) is 0 Å². The number of carbonyl (C=O) groups excluding carboxylic acids is 2. The first-order chi connectivity index (χ1) is 5.72. The smallest absolute Gasteiger partial charge is 0.133 e. The first-order valence-electron chi connectivity index (χ1n) is 4.69. The van der Waals surface area contributed by atoms with E-state index >= 15 is 0 Å². The van der Waals surface area contributed by atoms with E-state index in [0.717, 1.165) is 25.5 Å². The van der Waals surface area contributed by atoms with Crippen molar-refractivity contribution in [1.29, 1.82) is 0 Å². The van der Waals surface area contributed by atoms with Crippen molar-refractivity contribution in [1.82, 2.24) is 0 Å². The van der Waals surface area contributed by atoms with E-state index in [1.54, 1.807) is 0 Å². The Hall–Kier alpha value is -0.660. The van der Waals surface area contributed by atoms with Crippen molar-refractivity contribution in [3.05, 3.63) is 0 Å². The molecule has 2 nitrogen and oxygen atoms in total. The van der Waals surface area contributed by atoms with Gasteiger partial charge in [0.15, 0.2) is 0 Å². The van der Waals surface area contributed by atoms with E-state index in [1.165, 1.54) is 0 Å². The topological polar surface area (TPSA) is 34.1 Å². The van der Waals surface area contributed by atoms with Crippen molar-refractivity contribution in [2.75, 3.05) is 0 Å². The molecule has 0 N–H and O–H groups in total. The van der Waals surface area contributed by atoms with Crippen molar-refractivity contribution < 1.29 is 9.59 Å². The molecular formula is C10H16O2. The summed E-state index contributed by atoms with van der Waals surface area (Å²) < 4.78 is 0. The highest BCUT2D eigenvalue weighted by Gasteiger charge is 2.19. The van der Waals surface area contributed by atoms with Gasteiger partial charge in [0.25, 0.3) is 0 Å². The van der Waals surface area contributed by atoms with Gasteiger partial charge in [0, 0.05) is 18.8 Å². The summed E-state index contributed by atoms with van der Waals surface area (Å²) in [6.07, 6.45) is 5.10. The maximum Gasteiger partial charge on any atom is 0.133 e. The highest BCUT2D eigenvalue weighted by molar-refractivity contribution is 5.81. The predicted octanol–water partition coefficient (Wildman–Crippen LogP) is 1.97. The fraction of sp³-hybridized carbons (Fsp3) is 0.800. The molecule has 1 fully saturated rings. The second-order valence-corrected chi connectivity index (χ2v) is 3.87. The standard InChI is InChI=1S/C10H16O2/c1-8-3-2-4-10(12)6-9(5-8)7-11/h7-9H,2-6H2,1H3. The number of ketones is 1. The average molecular weight is 168 g/mol. The van der Waals surface area contributed by atoms with Crippen molar-refractivity contribution in [2.24, 2.45) is 11.8 Å². The van der Waals surface area contributed by atoms with Gasteiger partial charge in [-0.3, -0.25) is 4.79 Å². The van der Waals surface area contributed by atoms with Crippen LogP contribution < -0.4 is 0 Å². The monoisotopic (exact) mass is 168 g/mol. The van der Waals surface area contributed by atoms with Crippen LogP contribution in [0.2, 0.25) is 0 Å². The van der Waals surface area contributed by atoms with Gasteiger partial charge in [-0.15, -0.1) is 0 Å². The van der Waals surface area contributed by atoms with Crippen molar-refractivity contribution >= 4 is 12.1 Å². The lowest BCUT2D eigenvalue weighted by Gasteiger charge is -2.18. The molecule has 0 aromatic carbocycles. The molecule has 0 bridgehead atoms. The van der Waals surface area contributed by atoms with E-state index < -0.39 is 0 Å². The third-order valence-electron chi connectivity index (χ3n) is 2.54. The summed E-state index contributed by atoms with van der Waals surface area (Å²) in [6, 6.07) is 0. The zero-order valence-corrected chi connectivity index (χ0v) is 7.58. The molecule has 2 unspecified atom stereocenters. The summed E-state index contributed by atoms with van der Waals surface area (Å²) >= 11 is 0. The molecule has 2 atom stereocenters. The highest BCUT2D eigenvalue weighted by Crippen LogP contribution is 2.23. The number of rotatable bonds is 1. The Balaban J connectivity index is 2.50. The second kappa shape index (κ2) is 4.39. The normalized spacial score (nSPS) is 32.2. The van der Waals surface area contributed by atoms with Gasteiger partial charge in [-0.25, -0.2) is 0 Å². The Kier molecular flexibility index (Phi) is 3.45. The first-order valence-corrected chi connectivity index (χ1v) is 4.69. The Morgan fingerprint density at radius 3 is 2.92 bits per heavy atom. The summed E-state index contributed by atoms with van der Waals surface area (Å²) in [7, 11) is 0. The molecule has 1 saturated carbocycles. The van der Waals surface area contributed by atoms with Crippen LogP contribution in [0.15, 0.2) is 0 Å². The predicted molar refractivity (Wildman–Crippen MR) is 46.8 cm³/mol. The van der Waals surface area contributed by atoms with Gasteiger partial charge in [-0.1, -0.05) is 13.3 Å². The molecule has 0 heterocycles. The molecule has 0 amide bonds. The van der Waals surface area contributed by atoms with Crippen molar-refractivity contribution in [2.45, 2.75) is 39.0 Å². The van der Waals surface area contributed by atoms with Gasteiger partial charge in [0.1, 0.15) is 12.1 Å². The fourth-order valence-corrected chi connectivity index (χ4v) is 1.86. The maximum absolute atomic E-state index is 11.2. The lowest BCUT2D eigenvalue weighted by atomic mass is 9.85. The zero-order chi connectivity index (χ0) is 8.97. The quantitative estimate of drug-likeness (QED) is 0.561. The minimum Gasteiger partial charge on any atom is -0.303 e. The van der Waals surface area contributed by atoms with Gasteiger partial charge in [-0.2, -0.15) is 0 Å². The van der Waals surface area contributed by atoms with Crippen molar-refractivity contribution in [3.63, 3.8) is 0 Å². The molecule has 68 valence electrons. The molecule has 1 aliphatic rings. The van der Waals surface area contributed by atoms with E-state index in [-0.39, 0.29) is 11.7 Å². The molecule has 0 spiro atoms. The molecule has 0 radical (unpaired) electrons. The van der Waals surface area contributed by atoms with Crippen LogP contribution in [0.3, 0.4) is 0 Å². The molecule has 1 aliphatic carbocycles. The molecule has 0 aromatic heterocycles. The van der Waals surface area contributed by atoms with E-state index in [2.05, 4.69) is 6.92 Å². The Labute approximate surface area is 73.3 Å². The largest absolute Gasteiger partial charge is 0.303 e. The number of hydrogen-bond donors (Lipinski definition) is 0. The second-order valence-electron chi connectivity index (χ2n) is 3.87. The fourth-order valence-electron chi connectivity index (χ4n) is 1.86. The molecule has 12 heavy (non-hydrogen) atoms. The number of aldehydes is 1. The van der Waals surface area contributed by atoms with Gasteiger partial charge in [-0.05, 0) is 18.8 Å². The zero-order valence-electron chi connectivity index (χ0n) is 7.58. The average Bonchev–Trinajstić information content (AvgIpc) is 2.00. The summed E-state index contributed by atoms with van der Waals surface area (Å²) in [6.45, 7) is 2.16. The van der Waals surface area contributed by atoms with Crippen LogP contribution in [0.4, 0.5) is 0 Å². The van der Waals surface area contributed by atoms with Crippen LogP contribution in [0.25, 0.3) is 0 Å². The molecule has 0 aromatic rings. The number of carbonyl (C=O) groups is 2. The van der Waals surface area contributed by atoms with Crippen LogP contribution in [0.5, 0.6) is 0 Å². The van der Waals surface area contributed by atoms with Crippen LogP contribution in [-0.4, -0.2) is 12.1 Å². The number of hydrogen-bond acceptors (Lipinski definition) is 2. The van der Waals surface area contributed by atoms with Crippen LogP contribution in [0, 0.1) is 11.8 Å². The maximum atomic E-state index is 11.2. The third kappa shape index (κ3) is 2.76. The lowest BCUT2D eigenvalue weighted by Crippen LogP contribution is -2.16. The van der Waals surface area contributed by atoms with Gasteiger partial charge < -0.3 is 4.79 Å². The van der Waals surface area contributed by atoms with E-state index in [0.29, 0.717) is 18.8 Å². The Morgan fingerprint density at radius 1 is 1.50 bits per heavy atom. The van der Waals surface area contributed by atoms with Crippen molar-refractivity contribution in [3.8, 4) is 0 Å². The van der Waals surface area contributed by atoms with Crippen LogP contribution in [-0.2, 0) is 9.59 Å². The Morgan fingerprint density at radius 2 is 2.25 bits per heavy atom.